The van der Waals surface area contributed by atoms with Crippen molar-refractivity contribution >= 4 is 50.1 Å². The first kappa shape index (κ1) is 21.4. The van der Waals surface area contributed by atoms with E-state index >= 15 is 0 Å². The van der Waals surface area contributed by atoms with Crippen molar-refractivity contribution in [1.82, 2.24) is 9.88 Å². The van der Waals surface area contributed by atoms with Crippen LogP contribution in [0, 0.1) is 5.92 Å². The van der Waals surface area contributed by atoms with E-state index < -0.39 is 23.8 Å². The van der Waals surface area contributed by atoms with Gasteiger partial charge < -0.3 is 5.32 Å². The van der Waals surface area contributed by atoms with Crippen molar-refractivity contribution in [3.05, 3.63) is 69.5 Å². The minimum atomic E-state index is -0.921. The van der Waals surface area contributed by atoms with Crippen LogP contribution in [-0.4, -0.2) is 33.6 Å². The van der Waals surface area contributed by atoms with Crippen LogP contribution in [0.4, 0.5) is 5.13 Å². The quantitative estimate of drug-likeness (QED) is 0.473. The number of rotatable bonds is 6. The molecule has 0 saturated carbocycles. The number of halogens is 1. The molecular weight excluding hydrogens is 478 g/mol. The van der Waals surface area contributed by atoms with E-state index in [-0.39, 0.29) is 5.92 Å². The Hall–Kier alpha value is -2.84. The highest BCUT2D eigenvalue weighted by Crippen LogP contribution is 2.30. The predicted octanol–water partition coefficient (Wildman–Crippen LogP) is 5.22. The zero-order valence-electron chi connectivity index (χ0n) is 17.0. The third-order valence-electron chi connectivity index (χ3n) is 5.41. The van der Waals surface area contributed by atoms with Crippen LogP contribution in [0.15, 0.2) is 58.4 Å². The summed E-state index contributed by atoms with van der Waals surface area (Å²) in [6, 6.07) is 13.5. The molecule has 4 rings (SSSR count). The topological polar surface area (TPSA) is 79.4 Å². The highest BCUT2D eigenvalue weighted by Gasteiger charge is 2.44. The number of amides is 3. The van der Waals surface area contributed by atoms with Crippen molar-refractivity contribution in [1.29, 1.82) is 0 Å². The van der Waals surface area contributed by atoms with Crippen molar-refractivity contribution in [2.45, 2.75) is 26.3 Å². The molecule has 2 atom stereocenters. The first-order valence-electron chi connectivity index (χ1n) is 9.90. The van der Waals surface area contributed by atoms with Crippen molar-refractivity contribution in [2.75, 3.05) is 5.32 Å². The Balaban J connectivity index is 1.59. The number of aromatic nitrogens is 1. The lowest BCUT2D eigenvalue weighted by atomic mass is 9.96. The van der Waals surface area contributed by atoms with Gasteiger partial charge in [0.05, 0.1) is 16.8 Å². The lowest BCUT2D eigenvalue weighted by Gasteiger charge is -2.29. The number of benzene rings is 2. The van der Waals surface area contributed by atoms with Gasteiger partial charge in [-0.1, -0.05) is 60.5 Å². The Bertz CT molecular complexity index is 1140. The number of carbonyl (C=O) groups excluding carboxylic acids is 3. The minimum Gasteiger partial charge on any atom is -0.300 e. The average molecular weight is 498 g/mol. The van der Waals surface area contributed by atoms with Crippen LogP contribution in [0.1, 0.15) is 41.0 Å². The van der Waals surface area contributed by atoms with E-state index in [1.165, 1.54) is 11.3 Å². The van der Waals surface area contributed by atoms with Gasteiger partial charge in [0.25, 0.3) is 11.8 Å². The van der Waals surface area contributed by atoms with E-state index in [2.05, 4.69) is 26.2 Å². The van der Waals surface area contributed by atoms with Crippen molar-refractivity contribution in [2.24, 2.45) is 5.92 Å². The van der Waals surface area contributed by atoms with Crippen LogP contribution in [0.3, 0.4) is 0 Å². The number of hydrogen-bond acceptors (Lipinski definition) is 5. The summed E-state index contributed by atoms with van der Waals surface area (Å²) >= 11 is 4.75. The lowest BCUT2D eigenvalue weighted by molar-refractivity contribution is -0.121. The SMILES string of the molecule is CCC(C)C(C(=O)Nc1nc(-c2cccc(Br)c2)cs1)N1C(=O)c2ccccc2C1=O. The fraction of sp³-hybridized carbons (Fsp3) is 0.217. The van der Waals surface area contributed by atoms with E-state index in [9.17, 15) is 14.4 Å². The molecule has 8 heteroatoms. The Morgan fingerprint density at radius 2 is 1.81 bits per heavy atom. The second kappa shape index (κ2) is 8.72. The van der Waals surface area contributed by atoms with Gasteiger partial charge in [0.15, 0.2) is 5.13 Å². The van der Waals surface area contributed by atoms with Gasteiger partial charge in [0.1, 0.15) is 6.04 Å². The molecule has 6 nitrogen and oxygen atoms in total. The highest BCUT2D eigenvalue weighted by atomic mass is 79.9. The van der Waals surface area contributed by atoms with E-state index in [0.717, 1.165) is 20.6 Å². The molecule has 158 valence electrons. The molecule has 3 amide bonds. The summed E-state index contributed by atoms with van der Waals surface area (Å²) in [6.45, 7) is 3.79. The third-order valence-corrected chi connectivity index (χ3v) is 6.66. The normalized spacial score (nSPS) is 15.0. The Morgan fingerprint density at radius 1 is 1.13 bits per heavy atom. The fourth-order valence-corrected chi connectivity index (χ4v) is 4.73. The lowest BCUT2D eigenvalue weighted by Crippen LogP contribution is -2.50. The minimum absolute atomic E-state index is 0.216. The van der Waals surface area contributed by atoms with E-state index in [1.807, 2.05) is 43.5 Å². The summed E-state index contributed by atoms with van der Waals surface area (Å²) in [4.78, 5) is 44.8. The molecule has 0 aliphatic carbocycles. The standard InChI is InChI=1S/C23H20BrN3O3S/c1-3-13(2)19(27-21(29)16-9-4-5-10-17(16)22(27)30)20(28)26-23-25-18(12-31-23)14-7-6-8-15(24)11-14/h4-13,19H,3H2,1-2H3,(H,25,26,28). The highest BCUT2D eigenvalue weighted by molar-refractivity contribution is 9.10. The van der Waals surface area contributed by atoms with Gasteiger partial charge in [-0.15, -0.1) is 11.3 Å². The van der Waals surface area contributed by atoms with E-state index in [0.29, 0.717) is 22.7 Å². The van der Waals surface area contributed by atoms with Gasteiger partial charge in [0.2, 0.25) is 5.91 Å². The van der Waals surface area contributed by atoms with Crippen molar-refractivity contribution in [3.63, 3.8) is 0 Å². The van der Waals surface area contributed by atoms with Crippen LogP contribution in [0.5, 0.6) is 0 Å². The van der Waals surface area contributed by atoms with Gasteiger partial charge in [-0.25, -0.2) is 4.98 Å². The van der Waals surface area contributed by atoms with Crippen molar-refractivity contribution in [3.8, 4) is 11.3 Å². The maximum atomic E-state index is 13.2. The molecule has 2 unspecified atom stereocenters. The number of carbonyl (C=O) groups is 3. The summed E-state index contributed by atoms with van der Waals surface area (Å²) in [5.74, 6) is -1.50. The number of thiazole rings is 1. The zero-order valence-corrected chi connectivity index (χ0v) is 19.4. The Morgan fingerprint density at radius 3 is 2.42 bits per heavy atom. The maximum Gasteiger partial charge on any atom is 0.262 e. The van der Waals surface area contributed by atoms with E-state index in [4.69, 9.17) is 0 Å². The number of nitrogens with zero attached hydrogens (tertiary/aromatic N) is 2. The molecule has 31 heavy (non-hydrogen) atoms. The third kappa shape index (κ3) is 4.05. The smallest absolute Gasteiger partial charge is 0.262 e. The average Bonchev–Trinajstić information content (AvgIpc) is 3.33. The van der Waals surface area contributed by atoms with Crippen molar-refractivity contribution < 1.29 is 14.4 Å². The van der Waals surface area contributed by atoms with E-state index in [1.54, 1.807) is 24.3 Å². The summed E-state index contributed by atoms with van der Waals surface area (Å²) in [7, 11) is 0. The first-order valence-corrected chi connectivity index (χ1v) is 11.6. The summed E-state index contributed by atoms with van der Waals surface area (Å²) < 4.78 is 0.936. The number of hydrogen-bond donors (Lipinski definition) is 1. The second-order valence-corrected chi connectivity index (χ2v) is 9.17. The fourth-order valence-electron chi connectivity index (χ4n) is 3.60. The molecule has 2 heterocycles. The van der Waals surface area contributed by atoms with Gasteiger partial charge in [-0.05, 0) is 30.2 Å². The van der Waals surface area contributed by atoms with Gasteiger partial charge in [0, 0.05) is 15.4 Å². The first-order chi connectivity index (χ1) is 14.9. The van der Waals surface area contributed by atoms with Gasteiger partial charge in [-0.3, -0.25) is 19.3 Å². The summed E-state index contributed by atoms with van der Waals surface area (Å²) in [6.07, 6.45) is 0.632. The molecule has 1 N–H and O–H groups in total. The molecule has 0 bridgehead atoms. The molecule has 1 aliphatic heterocycles. The number of fused-ring (bicyclic) bond motifs is 1. The Kier molecular flexibility index (Phi) is 6.02. The summed E-state index contributed by atoms with van der Waals surface area (Å²) in [5, 5.41) is 5.10. The van der Waals surface area contributed by atoms with Crippen LogP contribution in [0.2, 0.25) is 0 Å². The number of imide groups is 1. The molecule has 0 fully saturated rings. The van der Waals surface area contributed by atoms with Crippen LogP contribution >= 0.6 is 27.3 Å². The molecule has 0 saturated heterocycles. The molecule has 1 aliphatic rings. The summed E-state index contributed by atoms with van der Waals surface area (Å²) in [5.41, 5.74) is 2.33. The Labute approximate surface area is 192 Å². The van der Waals surface area contributed by atoms with Gasteiger partial charge in [-0.2, -0.15) is 0 Å². The monoisotopic (exact) mass is 497 g/mol. The number of nitrogens with one attached hydrogen (secondary N) is 1. The zero-order chi connectivity index (χ0) is 22.1. The molecule has 1 aromatic heterocycles. The molecule has 0 spiro atoms. The van der Waals surface area contributed by atoms with Crippen LogP contribution in [0.25, 0.3) is 11.3 Å². The van der Waals surface area contributed by atoms with Crippen LogP contribution in [-0.2, 0) is 4.79 Å². The number of anilines is 1. The predicted molar refractivity (Wildman–Crippen MR) is 124 cm³/mol. The van der Waals surface area contributed by atoms with Gasteiger partial charge >= 0.3 is 0 Å². The molecular formula is C23H20BrN3O3S. The molecule has 3 aromatic rings. The largest absolute Gasteiger partial charge is 0.300 e. The second-order valence-electron chi connectivity index (χ2n) is 7.39. The molecule has 2 aromatic carbocycles. The molecule has 0 radical (unpaired) electrons. The maximum absolute atomic E-state index is 13.2. The van der Waals surface area contributed by atoms with Crippen LogP contribution < -0.4 is 5.32 Å².